The number of benzene rings is 1. The molecular weight excluding hydrogens is 348 g/mol. The van der Waals surface area contributed by atoms with Crippen molar-refractivity contribution in [2.75, 3.05) is 6.61 Å². The number of phenols is 1. The van der Waals surface area contributed by atoms with E-state index in [9.17, 15) is 9.90 Å². The van der Waals surface area contributed by atoms with Gasteiger partial charge in [-0.3, -0.25) is 4.79 Å². The minimum atomic E-state index is -0.131. The molecule has 0 aromatic heterocycles. The lowest BCUT2D eigenvalue weighted by Crippen LogP contribution is -2.14. The van der Waals surface area contributed by atoms with E-state index >= 15 is 0 Å². The molecule has 0 radical (unpaired) electrons. The molecular formula is C25H42O3. The fourth-order valence-corrected chi connectivity index (χ4v) is 3.53. The molecule has 1 rings (SSSR count). The Hall–Kier alpha value is -1.51. The molecule has 0 saturated heterocycles. The molecule has 1 N–H and O–H groups in total. The van der Waals surface area contributed by atoms with Crippen molar-refractivity contribution in [2.45, 2.75) is 111 Å². The van der Waals surface area contributed by atoms with Gasteiger partial charge in [-0.2, -0.15) is 0 Å². The van der Waals surface area contributed by atoms with Crippen molar-refractivity contribution in [1.82, 2.24) is 0 Å². The predicted octanol–water partition coefficient (Wildman–Crippen LogP) is 6.92. The summed E-state index contributed by atoms with van der Waals surface area (Å²) in [7, 11) is 0. The van der Waals surface area contributed by atoms with Crippen LogP contribution in [0.25, 0.3) is 0 Å². The molecule has 0 heterocycles. The summed E-state index contributed by atoms with van der Waals surface area (Å²) in [4.78, 5) is 12.1. The van der Waals surface area contributed by atoms with E-state index in [0.29, 0.717) is 25.2 Å². The first kappa shape index (κ1) is 24.5. The van der Waals surface area contributed by atoms with Crippen LogP contribution in [0.1, 0.15) is 108 Å². The Morgan fingerprint density at radius 2 is 1.54 bits per heavy atom. The van der Waals surface area contributed by atoms with Crippen LogP contribution in [-0.4, -0.2) is 17.7 Å². The number of hydrogen-bond donors (Lipinski definition) is 1. The van der Waals surface area contributed by atoms with Crippen molar-refractivity contribution in [3.8, 4) is 5.75 Å². The van der Waals surface area contributed by atoms with E-state index in [1.54, 1.807) is 0 Å². The number of rotatable bonds is 12. The van der Waals surface area contributed by atoms with Gasteiger partial charge in [0.15, 0.2) is 0 Å². The Morgan fingerprint density at radius 1 is 0.964 bits per heavy atom. The van der Waals surface area contributed by atoms with Gasteiger partial charge in [-0.1, -0.05) is 78.7 Å². The lowest BCUT2D eigenvalue weighted by molar-refractivity contribution is -0.143. The highest BCUT2D eigenvalue weighted by Gasteiger charge is 2.22. The summed E-state index contributed by atoms with van der Waals surface area (Å²) >= 11 is 0. The number of carbonyl (C=O) groups excluding carboxylic acids is 1. The fourth-order valence-electron chi connectivity index (χ4n) is 3.53. The maximum absolute atomic E-state index is 12.1. The van der Waals surface area contributed by atoms with Gasteiger partial charge in [0.2, 0.25) is 0 Å². The molecule has 0 aliphatic rings. The third-order valence-corrected chi connectivity index (χ3v) is 5.64. The fraction of sp³-hybridized carbons (Fsp3) is 0.720. The smallest absolute Gasteiger partial charge is 0.306 e. The van der Waals surface area contributed by atoms with Gasteiger partial charge in [-0.15, -0.1) is 0 Å². The van der Waals surface area contributed by atoms with Crippen molar-refractivity contribution in [3.63, 3.8) is 0 Å². The number of phenolic OH excluding ortho intramolecular Hbond substituents is 1. The zero-order valence-electron chi connectivity index (χ0n) is 19.1. The Morgan fingerprint density at radius 3 is 2.11 bits per heavy atom. The third kappa shape index (κ3) is 8.24. The number of ether oxygens (including phenoxy) is 1. The average Bonchev–Trinajstić information content (AvgIpc) is 2.63. The summed E-state index contributed by atoms with van der Waals surface area (Å²) in [5.41, 5.74) is 3.92. The molecule has 160 valence electrons. The van der Waals surface area contributed by atoms with Crippen LogP contribution in [0, 0.1) is 13.8 Å². The van der Waals surface area contributed by atoms with Gasteiger partial charge in [0, 0.05) is 6.42 Å². The van der Waals surface area contributed by atoms with Gasteiger partial charge in [0.25, 0.3) is 0 Å². The summed E-state index contributed by atoms with van der Waals surface area (Å²) < 4.78 is 5.41. The minimum Gasteiger partial charge on any atom is -0.507 e. The molecule has 3 heteroatoms. The van der Waals surface area contributed by atoms with Crippen LogP contribution in [0.2, 0.25) is 0 Å². The monoisotopic (exact) mass is 390 g/mol. The van der Waals surface area contributed by atoms with Crippen LogP contribution < -0.4 is 0 Å². The standard InChI is InChI=1S/C25H42O3/c1-7-8-9-10-11-12-13-14-17-28-23(26)16-15-21-18-22(25(4,5)6)24(27)20(3)19(21)2/h18,27H,7-17H2,1-6H3. The van der Waals surface area contributed by atoms with E-state index in [0.717, 1.165) is 35.1 Å². The Kier molecular flexibility index (Phi) is 10.6. The van der Waals surface area contributed by atoms with Crippen LogP contribution in [0.4, 0.5) is 0 Å². The van der Waals surface area contributed by atoms with Crippen LogP contribution in [0.3, 0.4) is 0 Å². The quantitative estimate of drug-likeness (QED) is 0.311. The van der Waals surface area contributed by atoms with Crippen LogP contribution >= 0.6 is 0 Å². The van der Waals surface area contributed by atoms with E-state index in [2.05, 4.69) is 33.8 Å². The second kappa shape index (κ2) is 12.1. The second-order valence-electron chi connectivity index (χ2n) is 9.13. The van der Waals surface area contributed by atoms with Gasteiger partial charge in [-0.05, 0) is 54.4 Å². The molecule has 1 aromatic carbocycles. The largest absolute Gasteiger partial charge is 0.507 e. The van der Waals surface area contributed by atoms with E-state index < -0.39 is 0 Å². The molecule has 0 unspecified atom stereocenters. The first-order valence-electron chi connectivity index (χ1n) is 11.2. The predicted molar refractivity (Wildman–Crippen MR) is 118 cm³/mol. The van der Waals surface area contributed by atoms with Gasteiger partial charge in [0.1, 0.15) is 5.75 Å². The Bertz CT molecular complexity index is 611. The zero-order valence-corrected chi connectivity index (χ0v) is 19.1. The number of aromatic hydroxyl groups is 1. The minimum absolute atomic E-state index is 0.120. The highest BCUT2D eigenvalue weighted by atomic mass is 16.5. The normalized spacial score (nSPS) is 11.6. The zero-order chi connectivity index (χ0) is 21.2. The first-order chi connectivity index (χ1) is 13.2. The number of hydrogen-bond acceptors (Lipinski definition) is 3. The summed E-state index contributed by atoms with van der Waals surface area (Å²) in [6.45, 7) is 13.0. The van der Waals surface area contributed by atoms with Gasteiger partial charge in [0.05, 0.1) is 6.61 Å². The van der Waals surface area contributed by atoms with E-state index in [1.807, 2.05) is 13.8 Å². The maximum atomic E-state index is 12.1. The molecule has 0 amide bonds. The molecule has 0 spiro atoms. The Labute approximate surface area is 172 Å². The lowest BCUT2D eigenvalue weighted by Gasteiger charge is -2.24. The van der Waals surface area contributed by atoms with Gasteiger partial charge < -0.3 is 9.84 Å². The highest BCUT2D eigenvalue weighted by molar-refractivity contribution is 5.70. The first-order valence-corrected chi connectivity index (χ1v) is 11.2. The van der Waals surface area contributed by atoms with Gasteiger partial charge in [-0.25, -0.2) is 0 Å². The molecule has 3 nitrogen and oxygen atoms in total. The SMILES string of the molecule is CCCCCCCCCCOC(=O)CCc1cc(C(C)(C)C)c(O)c(C)c1C. The molecule has 0 fully saturated rings. The number of aryl methyl sites for hydroxylation is 1. The number of unbranched alkanes of at least 4 members (excludes halogenated alkanes) is 7. The maximum Gasteiger partial charge on any atom is 0.306 e. The summed E-state index contributed by atoms with van der Waals surface area (Å²) in [6.07, 6.45) is 11.0. The molecule has 1 aromatic rings. The number of esters is 1. The van der Waals surface area contributed by atoms with Crippen LogP contribution in [0.5, 0.6) is 5.75 Å². The highest BCUT2D eigenvalue weighted by Crippen LogP contribution is 2.36. The van der Waals surface area contributed by atoms with E-state index in [-0.39, 0.29) is 11.4 Å². The topological polar surface area (TPSA) is 46.5 Å². The van der Waals surface area contributed by atoms with Crippen molar-refractivity contribution in [2.24, 2.45) is 0 Å². The van der Waals surface area contributed by atoms with Crippen LogP contribution in [0.15, 0.2) is 6.07 Å². The van der Waals surface area contributed by atoms with Crippen molar-refractivity contribution < 1.29 is 14.6 Å². The second-order valence-corrected chi connectivity index (χ2v) is 9.13. The van der Waals surface area contributed by atoms with Gasteiger partial charge >= 0.3 is 5.97 Å². The van der Waals surface area contributed by atoms with E-state index in [1.165, 1.54) is 38.5 Å². The van der Waals surface area contributed by atoms with Crippen molar-refractivity contribution >= 4 is 5.97 Å². The van der Waals surface area contributed by atoms with E-state index in [4.69, 9.17) is 4.74 Å². The lowest BCUT2D eigenvalue weighted by atomic mass is 9.82. The molecule has 0 atom stereocenters. The molecule has 0 aliphatic heterocycles. The number of carbonyl (C=O) groups is 1. The third-order valence-electron chi connectivity index (χ3n) is 5.64. The summed E-state index contributed by atoms with van der Waals surface area (Å²) in [6, 6.07) is 2.06. The summed E-state index contributed by atoms with van der Waals surface area (Å²) in [5.74, 6) is 0.261. The average molecular weight is 391 g/mol. The molecule has 0 aliphatic carbocycles. The van der Waals surface area contributed by atoms with Crippen LogP contribution in [-0.2, 0) is 21.4 Å². The molecule has 28 heavy (non-hydrogen) atoms. The van der Waals surface area contributed by atoms with Crippen molar-refractivity contribution in [3.05, 3.63) is 28.3 Å². The summed E-state index contributed by atoms with van der Waals surface area (Å²) in [5, 5.41) is 10.5. The molecule has 0 bridgehead atoms. The molecule has 0 saturated carbocycles. The Balaban J connectivity index is 2.38. The van der Waals surface area contributed by atoms with Crippen molar-refractivity contribution in [1.29, 1.82) is 0 Å².